The summed E-state index contributed by atoms with van der Waals surface area (Å²) in [5, 5.41) is 8.08. The highest BCUT2D eigenvalue weighted by atomic mass is 15.2. The summed E-state index contributed by atoms with van der Waals surface area (Å²) in [6.45, 7) is 6.67. The van der Waals surface area contributed by atoms with E-state index in [1.54, 1.807) is 0 Å². The fourth-order valence-corrected chi connectivity index (χ4v) is 2.35. The van der Waals surface area contributed by atoms with Gasteiger partial charge >= 0.3 is 0 Å². The lowest BCUT2D eigenvalue weighted by Gasteiger charge is -2.35. The standard InChI is InChI=1S/C12H21N5/c1-8(2)17-5-3-4-9(7-17)11-6-10(13)12(14)16-15-11/h6,8-9H,3-5,7H2,1-2H3,(H2,13,15)(H2,14,16). The van der Waals surface area contributed by atoms with Gasteiger partial charge in [-0.3, -0.25) is 0 Å². The lowest BCUT2D eigenvalue weighted by molar-refractivity contribution is 0.166. The Morgan fingerprint density at radius 2 is 2.12 bits per heavy atom. The molecule has 0 amide bonds. The average Bonchev–Trinajstić information content (AvgIpc) is 2.33. The third-order valence-corrected chi connectivity index (χ3v) is 3.47. The summed E-state index contributed by atoms with van der Waals surface area (Å²) in [4.78, 5) is 2.47. The molecule has 2 heterocycles. The topological polar surface area (TPSA) is 81.1 Å². The molecule has 1 aromatic heterocycles. The molecule has 0 aliphatic carbocycles. The molecule has 0 radical (unpaired) electrons. The van der Waals surface area contributed by atoms with E-state index < -0.39 is 0 Å². The van der Waals surface area contributed by atoms with Crippen molar-refractivity contribution in [1.29, 1.82) is 0 Å². The molecule has 0 bridgehead atoms. The molecule has 1 saturated heterocycles. The van der Waals surface area contributed by atoms with E-state index in [9.17, 15) is 0 Å². The van der Waals surface area contributed by atoms with E-state index >= 15 is 0 Å². The number of nitrogens with zero attached hydrogens (tertiary/aromatic N) is 3. The van der Waals surface area contributed by atoms with Crippen molar-refractivity contribution in [2.45, 2.75) is 38.6 Å². The van der Waals surface area contributed by atoms with Crippen LogP contribution in [0.2, 0.25) is 0 Å². The van der Waals surface area contributed by atoms with E-state index in [-0.39, 0.29) is 0 Å². The van der Waals surface area contributed by atoms with Crippen LogP contribution < -0.4 is 11.5 Å². The van der Waals surface area contributed by atoms with Crippen molar-refractivity contribution in [3.8, 4) is 0 Å². The number of hydrogen-bond acceptors (Lipinski definition) is 5. The summed E-state index contributed by atoms with van der Waals surface area (Å²) in [5.41, 5.74) is 12.9. The van der Waals surface area contributed by atoms with Gasteiger partial charge in [0.05, 0.1) is 11.4 Å². The number of aromatic nitrogens is 2. The first-order chi connectivity index (χ1) is 8.08. The number of nitrogens with two attached hydrogens (primary N) is 2. The van der Waals surface area contributed by atoms with Crippen LogP contribution in [0.15, 0.2) is 6.07 Å². The van der Waals surface area contributed by atoms with E-state index in [0.717, 1.165) is 18.7 Å². The summed E-state index contributed by atoms with van der Waals surface area (Å²) in [5.74, 6) is 0.756. The molecule has 1 fully saturated rings. The van der Waals surface area contributed by atoms with Gasteiger partial charge in [-0.15, -0.1) is 5.10 Å². The first-order valence-corrected chi connectivity index (χ1v) is 6.20. The van der Waals surface area contributed by atoms with Gasteiger partial charge in [-0.05, 0) is 39.3 Å². The maximum Gasteiger partial charge on any atom is 0.169 e. The summed E-state index contributed by atoms with van der Waals surface area (Å²) >= 11 is 0. The van der Waals surface area contributed by atoms with Gasteiger partial charge in [0.15, 0.2) is 5.82 Å². The van der Waals surface area contributed by atoms with Crippen molar-refractivity contribution in [3.63, 3.8) is 0 Å². The Bertz CT molecular complexity index is 390. The van der Waals surface area contributed by atoms with Gasteiger partial charge in [0.2, 0.25) is 0 Å². The van der Waals surface area contributed by atoms with Gasteiger partial charge in [0.1, 0.15) is 0 Å². The van der Waals surface area contributed by atoms with Gasteiger partial charge in [0, 0.05) is 18.5 Å². The van der Waals surface area contributed by atoms with Gasteiger partial charge < -0.3 is 16.4 Å². The summed E-state index contributed by atoms with van der Waals surface area (Å²) in [6, 6.07) is 2.45. The van der Waals surface area contributed by atoms with Crippen LogP contribution in [0.1, 0.15) is 38.3 Å². The molecule has 1 aliphatic rings. The molecule has 0 spiro atoms. The van der Waals surface area contributed by atoms with Gasteiger partial charge in [-0.1, -0.05) is 0 Å². The molecule has 0 saturated carbocycles. The molecule has 0 aromatic carbocycles. The van der Waals surface area contributed by atoms with Crippen molar-refractivity contribution in [2.75, 3.05) is 24.6 Å². The van der Waals surface area contributed by atoms with Crippen LogP contribution in [-0.2, 0) is 0 Å². The van der Waals surface area contributed by atoms with Crippen LogP contribution in [0.25, 0.3) is 0 Å². The quantitative estimate of drug-likeness (QED) is 0.805. The molecule has 1 atom stereocenters. The Kier molecular flexibility index (Phi) is 3.47. The molecular weight excluding hydrogens is 214 g/mol. The van der Waals surface area contributed by atoms with E-state index in [1.807, 2.05) is 6.07 Å². The second-order valence-electron chi connectivity index (χ2n) is 5.04. The average molecular weight is 235 g/mol. The third-order valence-electron chi connectivity index (χ3n) is 3.47. The predicted octanol–water partition coefficient (Wildman–Crippen LogP) is 1.23. The number of anilines is 2. The minimum Gasteiger partial charge on any atom is -0.396 e. The SMILES string of the molecule is CC(C)N1CCCC(c2cc(N)c(N)nn2)C1. The Morgan fingerprint density at radius 3 is 2.76 bits per heavy atom. The lowest BCUT2D eigenvalue weighted by Crippen LogP contribution is -2.39. The van der Waals surface area contributed by atoms with Crippen molar-refractivity contribution in [1.82, 2.24) is 15.1 Å². The fraction of sp³-hybridized carbons (Fsp3) is 0.667. The van der Waals surface area contributed by atoms with Gasteiger partial charge in [0.25, 0.3) is 0 Å². The van der Waals surface area contributed by atoms with Crippen molar-refractivity contribution < 1.29 is 0 Å². The minimum atomic E-state index is 0.324. The van der Waals surface area contributed by atoms with E-state index in [4.69, 9.17) is 11.5 Å². The van der Waals surface area contributed by atoms with E-state index in [1.165, 1.54) is 13.0 Å². The second-order valence-corrected chi connectivity index (χ2v) is 5.04. The van der Waals surface area contributed by atoms with Gasteiger partial charge in [-0.25, -0.2) is 0 Å². The first-order valence-electron chi connectivity index (χ1n) is 6.20. The zero-order valence-corrected chi connectivity index (χ0v) is 10.6. The van der Waals surface area contributed by atoms with Crippen molar-refractivity contribution in [2.24, 2.45) is 0 Å². The lowest BCUT2D eigenvalue weighted by atomic mass is 9.93. The Labute approximate surface area is 102 Å². The molecule has 1 aromatic rings. The molecule has 2 rings (SSSR count). The van der Waals surface area contributed by atoms with Crippen LogP contribution in [0, 0.1) is 0 Å². The van der Waals surface area contributed by atoms with Gasteiger partial charge in [-0.2, -0.15) is 5.10 Å². The number of likely N-dealkylation sites (tertiary alicyclic amines) is 1. The normalized spacial score (nSPS) is 21.9. The summed E-state index contributed by atoms with van der Waals surface area (Å²) < 4.78 is 0. The maximum atomic E-state index is 5.78. The highest BCUT2D eigenvalue weighted by Gasteiger charge is 2.24. The highest BCUT2D eigenvalue weighted by molar-refractivity contribution is 5.57. The van der Waals surface area contributed by atoms with Crippen LogP contribution >= 0.6 is 0 Å². The molecular formula is C12H21N5. The fourth-order valence-electron chi connectivity index (χ4n) is 2.35. The van der Waals surface area contributed by atoms with Crippen LogP contribution in [0.5, 0.6) is 0 Å². The molecule has 5 heteroatoms. The molecule has 4 N–H and O–H groups in total. The van der Waals surface area contributed by atoms with E-state index in [0.29, 0.717) is 23.5 Å². The minimum absolute atomic E-state index is 0.324. The predicted molar refractivity (Wildman–Crippen MR) is 69.5 cm³/mol. The summed E-state index contributed by atoms with van der Waals surface area (Å²) in [7, 11) is 0. The van der Waals surface area contributed by atoms with Crippen LogP contribution in [0.4, 0.5) is 11.5 Å². The second kappa shape index (κ2) is 4.87. The number of nitrogen functional groups attached to an aromatic ring is 2. The zero-order chi connectivity index (χ0) is 12.4. The van der Waals surface area contributed by atoms with Crippen LogP contribution in [0.3, 0.4) is 0 Å². The van der Waals surface area contributed by atoms with Crippen molar-refractivity contribution in [3.05, 3.63) is 11.8 Å². The molecule has 17 heavy (non-hydrogen) atoms. The Hall–Kier alpha value is -1.36. The highest BCUT2D eigenvalue weighted by Crippen LogP contribution is 2.27. The molecule has 1 unspecified atom stereocenters. The van der Waals surface area contributed by atoms with E-state index in [2.05, 4.69) is 28.9 Å². The Morgan fingerprint density at radius 1 is 1.35 bits per heavy atom. The first kappa shape index (κ1) is 12.1. The largest absolute Gasteiger partial charge is 0.396 e. The maximum absolute atomic E-state index is 5.78. The molecule has 1 aliphatic heterocycles. The molecule has 94 valence electrons. The molecule has 5 nitrogen and oxygen atoms in total. The third kappa shape index (κ3) is 2.66. The number of piperidine rings is 1. The van der Waals surface area contributed by atoms with Crippen molar-refractivity contribution >= 4 is 11.5 Å². The number of rotatable bonds is 2. The smallest absolute Gasteiger partial charge is 0.169 e. The van der Waals surface area contributed by atoms with Crippen LogP contribution in [-0.4, -0.2) is 34.2 Å². The summed E-state index contributed by atoms with van der Waals surface area (Å²) in [6.07, 6.45) is 2.36. The Balaban J connectivity index is 2.13. The number of hydrogen-bond donors (Lipinski definition) is 2. The zero-order valence-electron chi connectivity index (χ0n) is 10.6. The monoisotopic (exact) mass is 235 g/mol.